The molecule has 7 heteroatoms. The van der Waals surface area contributed by atoms with Gasteiger partial charge in [-0.1, -0.05) is 0 Å². The van der Waals surface area contributed by atoms with Crippen molar-refractivity contribution in [1.82, 2.24) is 10.2 Å². The Labute approximate surface area is 148 Å². The Hall–Kier alpha value is -0.950. The van der Waals surface area contributed by atoms with Gasteiger partial charge >= 0.3 is 0 Å². The van der Waals surface area contributed by atoms with E-state index in [2.05, 4.69) is 10.2 Å². The summed E-state index contributed by atoms with van der Waals surface area (Å²) in [5.41, 5.74) is 0. The standard InChI is InChI=1S/C16H17ClN2O2S2/c17-13-2-3-14(21-13)23-15-4-1-12(22-15)16(20)18-11-9-19-7-5-10(11)6-8-19/h1-4,10-11H,5-9H2,(H,18,20)/t11-/m0/s1. The molecule has 3 aliphatic heterocycles. The minimum Gasteiger partial charge on any atom is -0.438 e. The molecule has 0 aliphatic carbocycles. The van der Waals surface area contributed by atoms with Crippen LogP contribution in [-0.4, -0.2) is 36.5 Å². The number of furan rings is 1. The molecular formula is C16H17ClN2O2S2. The van der Waals surface area contributed by atoms with E-state index in [9.17, 15) is 4.79 Å². The van der Waals surface area contributed by atoms with Crippen molar-refractivity contribution in [1.29, 1.82) is 0 Å². The van der Waals surface area contributed by atoms with Gasteiger partial charge in [-0.2, -0.15) is 0 Å². The van der Waals surface area contributed by atoms with E-state index in [1.54, 1.807) is 6.07 Å². The van der Waals surface area contributed by atoms with Crippen LogP contribution in [0.2, 0.25) is 5.22 Å². The van der Waals surface area contributed by atoms with Crippen LogP contribution in [-0.2, 0) is 0 Å². The molecule has 1 atom stereocenters. The van der Waals surface area contributed by atoms with Gasteiger partial charge in [-0.3, -0.25) is 4.79 Å². The van der Waals surface area contributed by atoms with E-state index in [4.69, 9.17) is 16.0 Å². The van der Waals surface area contributed by atoms with Crippen LogP contribution in [0.25, 0.3) is 0 Å². The van der Waals surface area contributed by atoms with Gasteiger partial charge in [-0.25, -0.2) is 0 Å². The topological polar surface area (TPSA) is 45.5 Å². The predicted molar refractivity (Wildman–Crippen MR) is 92.6 cm³/mol. The zero-order chi connectivity index (χ0) is 15.8. The molecule has 122 valence electrons. The number of nitrogens with zero attached hydrogens (tertiary/aromatic N) is 1. The highest BCUT2D eigenvalue weighted by Crippen LogP contribution is 2.35. The number of rotatable bonds is 4. The SMILES string of the molecule is O=C(N[C@H]1CN2CCC1CC2)c1ccc(Sc2ccc(Cl)o2)s1. The second kappa shape index (κ2) is 6.51. The number of amides is 1. The third-order valence-electron chi connectivity index (χ3n) is 4.53. The largest absolute Gasteiger partial charge is 0.438 e. The van der Waals surface area contributed by atoms with Gasteiger partial charge in [0.2, 0.25) is 0 Å². The highest BCUT2D eigenvalue weighted by molar-refractivity contribution is 8.01. The summed E-state index contributed by atoms with van der Waals surface area (Å²) in [6, 6.07) is 7.69. The first kappa shape index (κ1) is 15.6. The first-order valence-electron chi connectivity index (χ1n) is 7.73. The van der Waals surface area contributed by atoms with E-state index in [1.807, 2.05) is 18.2 Å². The third kappa shape index (κ3) is 3.45. The summed E-state index contributed by atoms with van der Waals surface area (Å²) in [7, 11) is 0. The molecule has 1 amide bonds. The lowest BCUT2D eigenvalue weighted by Gasteiger charge is -2.44. The van der Waals surface area contributed by atoms with Crippen LogP contribution in [0.5, 0.6) is 0 Å². The number of carbonyl (C=O) groups excluding carboxylic acids is 1. The molecule has 0 spiro atoms. The van der Waals surface area contributed by atoms with Crippen LogP contribution < -0.4 is 5.32 Å². The molecule has 0 aromatic carbocycles. The van der Waals surface area contributed by atoms with Gasteiger partial charge in [-0.15, -0.1) is 11.3 Å². The zero-order valence-electron chi connectivity index (χ0n) is 12.5. The maximum Gasteiger partial charge on any atom is 0.261 e. The van der Waals surface area contributed by atoms with E-state index < -0.39 is 0 Å². The van der Waals surface area contributed by atoms with Crippen molar-refractivity contribution in [2.75, 3.05) is 19.6 Å². The van der Waals surface area contributed by atoms with E-state index in [0.717, 1.165) is 20.7 Å². The molecule has 2 bridgehead atoms. The van der Waals surface area contributed by atoms with E-state index in [-0.39, 0.29) is 5.91 Å². The molecule has 4 nitrogen and oxygen atoms in total. The molecule has 3 fully saturated rings. The molecule has 2 aromatic rings. The molecule has 0 unspecified atom stereocenters. The molecule has 23 heavy (non-hydrogen) atoms. The van der Waals surface area contributed by atoms with Crippen molar-refractivity contribution in [3.05, 3.63) is 34.4 Å². The van der Waals surface area contributed by atoms with Crippen molar-refractivity contribution < 1.29 is 9.21 Å². The second-order valence-electron chi connectivity index (χ2n) is 6.00. The number of fused-ring (bicyclic) bond motifs is 3. The lowest BCUT2D eigenvalue weighted by Crippen LogP contribution is -2.57. The lowest BCUT2D eigenvalue weighted by molar-refractivity contribution is 0.0622. The lowest BCUT2D eigenvalue weighted by atomic mass is 9.84. The number of nitrogens with one attached hydrogen (secondary N) is 1. The zero-order valence-corrected chi connectivity index (χ0v) is 14.8. The maximum atomic E-state index is 12.5. The Bertz CT molecular complexity index is 707. The average Bonchev–Trinajstić information content (AvgIpc) is 3.18. The predicted octanol–water partition coefficient (Wildman–Crippen LogP) is 3.97. The van der Waals surface area contributed by atoms with Gasteiger partial charge in [0.1, 0.15) is 0 Å². The van der Waals surface area contributed by atoms with Crippen molar-refractivity contribution in [3.63, 3.8) is 0 Å². The fraction of sp³-hybridized carbons (Fsp3) is 0.438. The third-order valence-corrected chi connectivity index (χ3v) is 6.87. The smallest absolute Gasteiger partial charge is 0.261 e. The molecule has 1 N–H and O–H groups in total. The number of carbonyl (C=O) groups is 1. The minimum atomic E-state index is 0.0399. The van der Waals surface area contributed by atoms with Crippen LogP contribution in [0.3, 0.4) is 0 Å². The Morgan fingerprint density at radius 1 is 1.30 bits per heavy atom. The second-order valence-corrected chi connectivity index (χ2v) is 8.76. The molecule has 5 rings (SSSR count). The number of hydrogen-bond acceptors (Lipinski definition) is 5. The molecule has 2 aromatic heterocycles. The summed E-state index contributed by atoms with van der Waals surface area (Å²) < 4.78 is 6.36. The monoisotopic (exact) mass is 368 g/mol. The van der Waals surface area contributed by atoms with E-state index >= 15 is 0 Å². The highest BCUT2D eigenvalue weighted by atomic mass is 35.5. The van der Waals surface area contributed by atoms with Crippen molar-refractivity contribution in [2.45, 2.75) is 28.2 Å². The van der Waals surface area contributed by atoms with Gasteiger partial charge < -0.3 is 14.6 Å². The van der Waals surface area contributed by atoms with Crippen molar-refractivity contribution >= 4 is 40.6 Å². The van der Waals surface area contributed by atoms with Gasteiger partial charge in [0, 0.05) is 12.6 Å². The Morgan fingerprint density at radius 2 is 2.13 bits per heavy atom. The Morgan fingerprint density at radius 3 is 2.78 bits per heavy atom. The first-order valence-corrected chi connectivity index (χ1v) is 9.75. The Kier molecular flexibility index (Phi) is 4.41. The Balaban J connectivity index is 1.39. The van der Waals surface area contributed by atoms with Crippen LogP contribution in [0.15, 0.2) is 38.0 Å². The molecule has 3 saturated heterocycles. The summed E-state index contributed by atoms with van der Waals surface area (Å²) in [6.45, 7) is 3.36. The number of piperidine rings is 3. The van der Waals surface area contributed by atoms with E-state index in [0.29, 0.717) is 17.2 Å². The van der Waals surface area contributed by atoms with Crippen LogP contribution >= 0.6 is 34.7 Å². The van der Waals surface area contributed by atoms with Gasteiger partial charge in [-0.05, 0) is 79.5 Å². The molecule has 5 heterocycles. The van der Waals surface area contributed by atoms with Crippen LogP contribution in [0.1, 0.15) is 22.5 Å². The normalized spacial score (nSPS) is 26.4. The molecule has 3 aliphatic rings. The first-order chi connectivity index (χ1) is 11.2. The molecular weight excluding hydrogens is 352 g/mol. The maximum absolute atomic E-state index is 12.5. The summed E-state index contributed by atoms with van der Waals surface area (Å²) >= 11 is 8.75. The number of halogens is 1. The molecule has 0 saturated carbocycles. The highest BCUT2D eigenvalue weighted by Gasteiger charge is 2.35. The summed E-state index contributed by atoms with van der Waals surface area (Å²) in [5, 5.41) is 4.34. The quantitative estimate of drug-likeness (QED) is 0.886. The minimum absolute atomic E-state index is 0.0399. The summed E-state index contributed by atoms with van der Waals surface area (Å²) in [6.07, 6.45) is 2.41. The average molecular weight is 369 g/mol. The van der Waals surface area contributed by atoms with Gasteiger partial charge in [0.25, 0.3) is 5.91 Å². The van der Waals surface area contributed by atoms with Crippen LogP contribution in [0.4, 0.5) is 0 Å². The fourth-order valence-corrected chi connectivity index (χ4v) is 5.43. The summed E-state index contributed by atoms with van der Waals surface area (Å²) in [5.74, 6) is 0.682. The van der Waals surface area contributed by atoms with Crippen LogP contribution in [0, 0.1) is 5.92 Å². The van der Waals surface area contributed by atoms with Crippen molar-refractivity contribution in [2.24, 2.45) is 5.92 Å². The van der Waals surface area contributed by atoms with Crippen molar-refractivity contribution in [3.8, 4) is 0 Å². The van der Waals surface area contributed by atoms with Gasteiger partial charge in [0.15, 0.2) is 10.3 Å². The number of thiophene rings is 1. The fourth-order valence-electron chi connectivity index (χ4n) is 3.32. The number of hydrogen-bond donors (Lipinski definition) is 1. The summed E-state index contributed by atoms with van der Waals surface area (Å²) in [4.78, 5) is 15.7. The molecule has 0 radical (unpaired) electrons. The van der Waals surface area contributed by atoms with Gasteiger partial charge in [0.05, 0.1) is 9.09 Å². The van der Waals surface area contributed by atoms with E-state index in [1.165, 1.54) is 49.0 Å².